The first-order valence-electron chi connectivity index (χ1n) is 6.57. The Morgan fingerprint density at radius 3 is 2.63 bits per heavy atom. The second-order valence-electron chi connectivity index (χ2n) is 5.02. The van der Waals surface area contributed by atoms with Crippen molar-refractivity contribution in [3.63, 3.8) is 0 Å². The van der Waals surface area contributed by atoms with Gasteiger partial charge in [-0.1, -0.05) is 12.1 Å². The maximum absolute atomic E-state index is 9.49. The van der Waals surface area contributed by atoms with Crippen LogP contribution in [0.5, 0.6) is 5.75 Å². The van der Waals surface area contributed by atoms with Crippen molar-refractivity contribution in [2.75, 3.05) is 20.2 Å². The summed E-state index contributed by atoms with van der Waals surface area (Å²) in [7, 11) is 1.64. The molecule has 4 heteroatoms. The number of nitrogens with zero attached hydrogens (tertiary/aromatic N) is 2. The van der Waals surface area contributed by atoms with Crippen LogP contribution in [-0.2, 0) is 4.74 Å². The quantitative estimate of drug-likeness (QED) is 0.837. The molecule has 0 spiro atoms. The van der Waals surface area contributed by atoms with Gasteiger partial charge in [0.2, 0.25) is 0 Å². The summed E-state index contributed by atoms with van der Waals surface area (Å²) < 4.78 is 10.9. The summed E-state index contributed by atoms with van der Waals surface area (Å²) >= 11 is 0. The Kier molecular flexibility index (Phi) is 4.41. The molecule has 0 bridgehead atoms. The molecule has 1 aromatic rings. The third-order valence-corrected chi connectivity index (χ3v) is 3.34. The molecule has 0 aliphatic carbocycles. The molecular weight excluding hydrogens is 240 g/mol. The molecule has 3 atom stereocenters. The molecule has 1 aromatic carbocycles. The summed E-state index contributed by atoms with van der Waals surface area (Å²) in [6.07, 6.45) is 0.315. The molecule has 1 fully saturated rings. The molecule has 1 heterocycles. The Labute approximate surface area is 114 Å². The highest BCUT2D eigenvalue weighted by Gasteiger charge is 2.28. The number of rotatable bonds is 3. The predicted molar refractivity (Wildman–Crippen MR) is 72.9 cm³/mol. The van der Waals surface area contributed by atoms with Gasteiger partial charge in [0, 0.05) is 13.1 Å². The Morgan fingerprint density at radius 2 is 2.05 bits per heavy atom. The number of hydrogen-bond acceptors (Lipinski definition) is 4. The molecule has 2 rings (SSSR count). The van der Waals surface area contributed by atoms with Gasteiger partial charge in [-0.25, -0.2) is 0 Å². The van der Waals surface area contributed by atoms with E-state index >= 15 is 0 Å². The number of methoxy groups -OCH3 is 1. The minimum Gasteiger partial charge on any atom is -0.497 e. The summed E-state index contributed by atoms with van der Waals surface area (Å²) in [6, 6.07) is 9.87. The minimum absolute atomic E-state index is 0.158. The van der Waals surface area contributed by atoms with E-state index in [0.717, 1.165) is 24.4 Å². The van der Waals surface area contributed by atoms with Crippen molar-refractivity contribution < 1.29 is 9.47 Å². The molecule has 1 saturated heterocycles. The van der Waals surface area contributed by atoms with Gasteiger partial charge in [0.05, 0.1) is 25.4 Å². The highest BCUT2D eigenvalue weighted by atomic mass is 16.5. The van der Waals surface area contributed by atoms with Crippen LogP contribution < -0.4 is 4.74 Å². The normalized spacial score (nSPS) is 25.6. The largest absolute Gasteiger partial charge is 0.497 e. The molecule has 0 aromatic heterocycles. The molecule has 19 heavy (non-hydrogen) atoms. The lowest BCUT2D eigenvalue weighted by Gasteiger charge is -2.37. The summed E-state index contributed by atoms with van der Waals surface area (Å²) in [4.78, 5) is 2.17. The predicted octanol–water partition coefficient (Wildman–Crippen LogP) is 2.37. The molecule has 0 amide bonds. The van der Waals surface area contributed by atoms with Gasteiger partial charge >= 0.3 is 0 Å². The van der Waals surface area contributed by atoms with Gasteiger partial charge in [-0.15, -0.1) is 0 Å². The lowest BCUT2D eigenvalue weighted by atomic mass is 10.0. The average molecular weight is 260 g/mol. The molecule has 1 aliphatic heterocycles. The van der Waals surface area contributed by atoms with E-state index in [-0.39, 0.29) is 18.2 Å². The van der Waals surface area contributed by atoms with Crippen molar-refractivity contribution >= 4 is 0 Å². The van der Waals surface area contributed by atoms with E-state index < -0.39 is 0 Å². The molecule has 0 N–H and O–H groups in total. The van der Waals surface area contributed by atoms with E-state index in [4.69, 9.17) is 9.47 Å². The summed E-state index contributed by atoms with van der Waals surface area (Å²) in [5.41, 5.74) is 0.975. The van der Waals surface area contributed by atoms with Crippen LogP contribution in [0.1, 0.15) is 25.5 Å². The smallest absolute Gasteiger partial charge is 0.124 e. The second kappa shape index (κ2) is 6.05. The van der Waals surface area contributed by atoms with E-state index in [1.807, 2.05) is 38.1 Å². The molecule has 1 aliphatic rings. The van der Waals surface area contributed by atoms with E-state index in [0.29, 0.717) is 0 Å². The summed E-state index contributed by atoms with van der Waals surface area (Å²) in [5.74, 6) is 0.784. The fourth-order valence-corrected chi connectivity index (χ4v) is 2.61. The van der Waals surface area contributed by atoms with E-state index in [1.54, 1.807) is 7.11 Å². The second-order valence-corrected chi connectivity index (χ2v) is 5.02. The third-order valence-electron chi connectivity index (χ3n) is 3.34. The average Bonchev–Trinajstić information content (AvgIpc) is 2.39. The van der Waals surface area contributed by atoms with E-state index in [1.165, 1.54) is 0 Å². The van der Waals surface area contributed by atoms with Gasteiger partial charge < -0.3 is 9.47 Å². The lowest BCUT2D eigenvalue weighted by Crippen LogP contribution is -2.46. The van der Waals surface area contributed by atoms with Crippen molar-refractivity contribution in [1.29, 1.82) is 5.26 Å². The maximum Gasteiger partial charge on any atom is 0.124 e. The maximum atomic E-state index is 9.49. The highest BCUT2D eigenvalue weighted by molar-refractivity contribution is 5.33. The van der Waals surface area contributed by atoms with Gasteiger partial charge in [0.1, 0.15) is 11.8 Å². The fraction of sp³-hybridized carbons (Fsp3) is 0.533. The number of benzene rings is 1. The van der Waals surface area contributed by atoms with Crippen molar-refractivity contribution in [1.82, 2.24) is 4.90 Å². The Morgan fingerprint density at radius 1 is 1.37 bits per heavy atom. The Hall–Kier alpha value is -1.57. The minimum atomic E-state index is -0.246. The third kappa shape index (κ3) is 3.25. The van der Waals surface area contributed by atoms with Crippen LogP contribution in [0.4, 0.5) is 0 Å². The van der Waals surface area contributed by atoms with Gasteiger partial charge in [-0.2, -0.15) is 5.26 Å². The monoisotopic (exact) mass is 260 g/mol. The zero-order chi connectivity index (χ0) is 13.8. The Balaban J connectivity index is 2.21. The van der Waals surface area contributed by atoms with Gasteiger partial charge in [0.25, 0.3) is 0 Å². The first kappa shape index (κ1) is 13.9. The van der Waals surface area contributed by atoms with Crippen LogP contribution >= 0.6 is 0 Å². The SMILES string of the molecule is COc1cccc(C(C#N)N2CC(C)OC(C)C2)c1. The summed E-state index contributed by atoms with van der Waals surface area (Å²) in [6.45, 7) is 5.64. The van der Waals surface area contributed by atoms with Gasteiger partial charge in [-0.05, 0) is 31.5 Å². The van der Waals surface area contributed by atoms with Crippen LogP contribution in [0.2, 0.25) is 0 Å². The molecule has 3 unspecified atom stereocenters. The number of nitriles is 1. The van der Waals surface area contributed by atoms with Crippen LogP contribution in [0.3, 0.4) is 0 Å². The zero-order valence-electron chi connectivity index (χ0n) is 11.7. The van der Waals surface area contributed by atoms with Crippen molar-refractivity contribution in [3.8, 4) is 11.8 Å². The van der Waals surface area contributed by atoms with Crippen molar-refractivity contribution in [2.45, 2.75) is 32.1 Å². The number of ether oxygens (including phenoxy) is 2. The molecule has 0 saturated carbocycles. The van der Waals surface area contributed by atoms with Crippen LogP contribution in [-0.4, -0.2) is 37.3 Å². The standard InChI is InChI=1S/C15H20N2O2/c1-11-9-17(10-12(2)19-11)15(8-16)13-5-4-6-14(7-13)18-3/h4-7,11-12,15H,9-10H2,1-3H3. The van der Waals surface area contributed by atoms with Gasteiger partial charge in [0.15, 0.2) is 0 Å². The summed E-state index contributed by atoms with van der Waals surface area (Å²) in [5, 5.41) is 9.49. The number of morpholine rings is 1. The lowest BCUT2D eigenvalue weighted by molar-refractivity contribution is -0.0750. The zero-order valence-corrected chi connectivity index (χ0v) is 11.7. The van der Waals surface area contributed by atoms with Crippen LogP contribution in [0.15, 0.2) is 24.3 Å². The highest BCUT2D eigenvalue weighted by Crippen LogP contribution is 2.26. The van der Waals surface area contributed by atoms with E-state index in [2.05, 4.69) is 11.0 Å². The molecule has 102 valence electrons. The van der Waals surface area contributed by atoms with E-state index in [9.17, 15) is 5.26 Å². The topological polar surface area (TPSA) is 45.5 Å². The number of hydrogen-bond donors (Lipinski definition) is 0. The van der Waals surface area contributed by atoms with Crippen LogP contribution in [0, 0.1) is 11.3 Å². The Bertz CT molecular complexity index is 459. The first-order valence-corrected chi connectivity index (χ1v) is 6.57. The van der Waals surface area contributed by atoms with Crippen LogP contribution in [0.25, 0.3) is 0 Å². The fourth-order valence-electron chi connectivity index (χ4n) is 2.61. The van der Waals surface area contributed by atoms with Crippen molar-refractivity contribution in [3.05, 3.63) is 29.8 Å². The molecule has 0 radical (unpaired) electrons. The van der Waals surface area contributed by atoms with Gasteiger partial charge in [-0.3, -0.25) is 4.90 Å². The molecular formula is C15H20N2O2. The van der Waals surface area contributed by atoms with Crippen molar-refractivity contribution in [2.24, 2.45) is 0 Å². The first-order chi connectivity index (χ1) is 9.13. The molecule has 4 nitrogen and oxygen atoms in total.